The maximum absolute atomic E-state index is 6.01. The lowest BCUT2D eigenvalue weighted by Crippen LogP contribution is -2.00. The van der Waals surface area contributed by atoms with Crippen LogP contribution < -0.4 is 11.1 Å². The molecule has 3 aromatic rings. The summed E-state index contributed by atoms with van der Waals surface area (Å²) in [5.74, 6) is 0.898. The van der Waals surface area contributed by atoms with Gasteiger partial charge in [-0.15, -0.1) is 11.3 Å². The molecule has 0 unspecified atom stereocenters. The minimum absolute atomic E-state index is 0.239. The first-order chi connectivity index (χ1) is 10.0. The highest BCUT2D eigenvalue weighted by Crippen LogP contribution is 2.32. The van der Waals surface area contributed by atoms with E-state index < -0.39 is 0 Å². The van der Waals surface area contributed by atoms with Crippen LogP contribution in [0.3, 0.4) is 0 Å². The second kappa shape index (κ2) is 5.67. The molecule has 0 bridgehead atoms. The highest BCUT2D eigenvalue weighted by Gasteiger charge is 2.11. The number of rotatable bonds is 3. The third kappa shape index (κ3) is 3.05. The van der Waals surface area contributed by atoms with Gasteiger partial charge in [-0.1, -0.05) is 30.1 Å². The Morgan fingerprint density at radius 2 is 1.86 bits per heavy atom. The summed E-state index contributed by atoms with van der Waals surface area (Å²) in [5.41, 5.74) is 6.54. The lowest BCUT2D eigenvalue weighted by Gasteiger charge is -2.08. The third-order valence-electron chi connectivity index (χ3n) is 2.93. The molecule has 0 atom stereocenters. The van der Waals surface area contributed by atoms with Crippen molar-refractivity contribution in [1.29, 1.82) is 0 Å². The Kier molecular flexibility index (Phi) is 3.89. The van der Waals surface area contributed by atoms with Crippen molar-refractivity contribution in [2.24, 2.45) is 0 Å². The maximum Gasteiger partial charge on any atom is 0.223 e. The normalized spacial score (nSPS) is 11.0. The van der Waals surface area contributed by atoms with Crippen molar-refractivity contribution in [2.75, 3.05) is 11.1 Å². The molecule has 3 N–H and O–H groups in total. The fourth-order valence-corrected chi connectivity index (χ4v) is 3.52. The smallest absolute Gasteiger partial charge is 0.223 e. The number of aryl methyl sites for hydroxylation is 1. The van der Waals surface area contributed by atoms with E-state index in [1.54, 1.807) is 29.5 Å². The molecule has 0 amide bonds. The van der Waals surface area contributed by atoms with E-state index >= 15 is 0 Å². The molecule has 21 heavy (non-hydrogen) atoms. The zero-order valence-corrected chi connectivity index (χ0v) is 13.5. The maximum atomic E-state index is 6.01. The Hall–Kier alpha value is -1.56. The number of hydrogen-bond donors (Lipinski definition) is 2. The van der Waals surface area contributed by atoms with Crippen LogP contribution in [0.1, 0.15) is 11.8 Å². The van der Waals surface area contributed by atoms with Gasteiger partial charge >= 0.3 is 0 Å². The zero-order chi connectivity index (χ0) is 15.0. The quantitative estimate of drug-likeness (QED) is 0.713. The van der Waals surface area contributed by atoms with E-state index in [0.717, 1.165) is 22.3 Å². The number of benzene rings is 1. The molecular weight excluding hydrogens is 327 g/mol. The van der Waals surface area contributed by atoms with Gasteiger partial charge in [0.05, 0.1) is 5.39 Å². The Bertz CT molecular complexity index is 796. The van der Waals surface area contributed by atoms with Crippen molar-refractivity contribution in [3.63, 3.8) is 0 Å². The van der Waals surface area contributed by atoms with Crippen molar-refractivity contribution in [1.82, 2.24) is 9.97 Å². The molecule has 4 nitrogen and oxygen atoms in total. The second-order valence-corrected chi connectivity index (χ2v) is 6.49. The van der Waals surface area contributed by atoms with Crippen molar-refractivity contribution in [3.05, 3.63) is 39.2 Å². The highest BCUT2D eigenvalue weighted by atomic mass is 35.5. The number of fused-ring (bicyclic) bond motifs is 1. The predicted octanol–water partition coefficient (Wildman–Crippen LogP) is 4.89. The Morgan fingerprint density at radius 3 is 2.52 bits per heavy atom. The van der Waals surface area contributed by atoms with Crippen molar-refractivity contribution in [3.8, 4) is 0 Å². The van der Waals surface area contributed by atoms with Crippen molar-refractivity contribution < 1.29 is 0 Å². The predicted molar refractivity (Wildman–Crippen MR) is 91.0 cm³/mol. The number of anilines is 3. The fraction of sp³-hybridized carbons (Fsp3) is 0.143. The van der Waals surface area contributed by atoms with E-state index in [-0.39, 0.29) is 5.95 Å². The number of nitrogen functional groups attached to an aromatic ring is 1. The number of nitrogens with one attached hydrogen (secondary N) is 1. The van der Waals surface area contributed by atoms with Crippen LogP contribution in [0, 0.1) is 0 Å². The molecule has 3 rings (SSSR count). The standard InChI is InChI=1S/C14H12Cl2N4S/c1-2-10-6-11-12(19-14(17)20-13(11)21-10)18-9-4-7(15)3-8(16)5-9/h3-6H,2H2,1H3,(H3,17,18,19,20). The first-order valence-electron chi connectivity index (χ1n) is 6.34. The number of nitrogens with zero attached hydrogens (tertiary/aromatic N) is 2. The van der Waals surface area contributed by atoms with Gasteiger partial charge in [-0.2, -0.15) is 4.98 Å². The average molecular weight is 339 g/mol. The molecule has 0 radical (unpaired) electrons. The minimum atomic E-state index is 0.239. The van der Waals surface area contributed by atoms with Crippen LogP contribution in [0.5, 0.6) is 0 Å². The molecule has 1 aromatic carbocycles. The Labute approximate surface area is 135 Å². The highest BCUT2D eigenvalue weighted by molar-refractivity contribution is 7.18. The topological polar surface area (TPSA) is 63.8 Å². The van der Waals surface area contributed by atoms with Gasteiger partial charge in [0.15, 0.2) is 0 Å². The van der Waals surface area contributed by atoms with Gasteiger partial charge in [-0.25, -0.2) is 4.98 Å². The van der Waals surface area contributed by atoms with E-state index in [1.165, 1.54) is 4.88 Å². The number of hydrogen-bond acceptors (Lipinski definition) is 5. The summed E-state index contributed by atoms with van der Waals surface area (Å²) in [7, 11) is 0. The molecule has 0 fully saturated rings. The summed E-state index contributed by atoms with van der Waals surface area (Å²) >= 11 is 13.6. The molecule has 0 aliphatic heterocycles. The second-order valence-electron chi connectivity index (χ2n) is 4.50. The van der Waals surface area contributed by atoms with Gasteiger partial charge in [0, 0.05) is 20.6 Å². The van der Waals surface area contributed by atoms with Crippen LogP contribution in [0.15, 0.2) is 24.3 Å². The lowest BCUT2D eigenvalue weighted by molar-refractivity contribution is 1.19. The van der Waals surface area contributed by atoms with Crippen LogP contribution >= 0.6 is 34.5 Å². The Morgan fingerprint density at radius 1 is 1.14 bits per heavy atom. The first-order valence-corrected chi connectivity index (χ1v) is 7.91. The molecular formula is C14H12Cl2N4S. The summed E-state index contributed by atoms with van der Waals surface area (Å²) in [5, 5.41) is 5.28. The van der Waals surface area contributed by atoms with Gasteiger partial charge in [0.2, 0.25) is 5.95 Å². The van der Waals surface area contributed by atoms with Gasteiger partial charge in [-0.3, -0.25) is 0 Å². The minimum Gasteiger partial charge on any atom is -0.368 e. The van der Waals surface area contributed by atoms with E-state index in [9.17, 15) is 0 Å². The van der Waals surface area contributed by atoms with Gasteiger partial charge < -0.3 is 11.1 Å². The molecule has 108 valence electrons. The van der Waals surface area contributed by atoms with Gasteiger partial charge in [0.1, 0.15) is 10.6 Å². The molecule has 2 aromatic heterocycles. The molecule has 0 aliphatic rings. The lowest BCUT2D eigenvalue weighted by atomic mass is 10.3. The van der Waals surface area contributed by atoms with Crippen LogP contribution in [0.25, 0.3) is 10.2 Å². The van der Waals surface area contributed by atoms with Crippen LogP contribution in [0.4, 0.5) is 17.5 Å². The monoisotopic (exact) mass is 338 g/mol. The molecule has 0 saturated heterocycles. The fourth-order valence-electron chi connectivity index (χ4n) is 2.02. The van der Waals surface area contributed by atoms with Crippen molar-refractivity contribution in [2.45, 2.75) is 13.3 Å². The van der Waals surface area contributed by atoms with Gasteiger partial charge in [-0.05, 0) is 30.7 Å². The SMILES string of the molecule is CCc1cc2c(Nc3cc(Cl)cc(Cl)c3)nc(N)nc2s1. The Balaban J connectivity index is 2.08. The third-order valence-corrected chi connectivity index (χ3v) is 4.54. The van der Waals surface area contributed by atoms with E-state index in [1.807, 2.05) is 0 Å². The summed E-state index contributed by atoms with van der Waals surface area (Å²) in [4.78, 5) is 10.7. The largest absolute Gasteiger partial charge is 0.368 e. The van der Waals surface area contributed by atoms with Crippen LogP contribution in [-0.2, 0) is 6.42 Å². The summed E-state index contributed by atoms with van der Waals surface area (Å²) in [6.45, 7) is 2.10. The zero-order valence-electron chi connectivity index (χ0n) is 11.2. The molecule has 0 saturated carbocycles. The summed E-state index contributed by atoms with van der Waals surface area (Å²) < 4.78 is 0. The number of aromatic nitrogens is 2. The molecule has 2 heterocycles. The van der Waals surface area contributed by atoms with E-state index in [2.05, 4.69) is 28.3 Å². The van der Waals surface area contributed by atoms with Gasteiger partial charge in [0.25, 0.3) is 0 Å². The first kappa shape index (κ1) is 14.4. The summed E-state index contributed by atoms with van der Waals surface area (Å²) in [6, 6.07) is 7.32. The molecule has 0 aliphatic carbocycles. The van der Waals surface area contributed by atoms with Crippen molar-refractivity contribution >= 4 is 62.2 Å². The average Bonchev–Trinajstić information content (AvgIpc) is 2.80. The van der Waals surface area contributed by atoms with E-state index in [4.69, 9.17) is 28.9 Å². The molecule has 0 spiro atoms. The number of thiophene rings is 1. The summed E-state index contributed by atoms with van der Waals surface area (Å²) in [6.07, 6.45) is 0.948. The number of halogens is 2. The van der Waals surface area contributed by atoms with E-state index in [0.29, 0.717) is 15.9 Å². The number of nitrogens with two attached hydrogens (primary N) is 1. The molecule has 7 heteroatoms. The van der Waals surface area contributed by atoms with Crippen LogP contribution in [-0.4, -0.2) is 9.97 Å². The van der Waals surface area contributed by atoms with Crippen LogP contribution in [0.2, 0.25) is 10.0 Å².